The van der Waals surface area contributed by atoms with Crippen molar-refractivity contribution in [2.75, 3.05) is 40.5 Å². The molecule has 4 atom stereocenters. The van der Waals surface area contributed by atoms with Crippen LogP contribution in [0.15, 0.2) is 0 Å². The molecule has 0 aromatic carbocycles. The third kappa shape index (κ3) is 3.76. The number of hydrogen-bond donors (Lipinski definition) is 0. The SMILES string of the molecule is COCC(C)(C)C(C)N1C[C@@H]2C[C@H]1CN2C(C)C(C)(C)COC. The Morgan fingerprint density at radius 1 is 0.826 bits per heavy atom. The summed E-state index contributed by atoms with van der Waals surface area (Å²) in [7, 11) is 3.62. The van der Waals surface area contributed by atoms with E-state index in [-0.39, 0.29) is 10.8 Å². The molecule has 0 spiro atoms. The molecule has 0 radical (unpaired) electrons. The van der Waals surface area contributed by atoms with E-state index in [0.717, 1.165) is 13.2 Å². The molecular formula is C19H38N2O2. The first-order chi connectivity index (χ1) is 10.6. The fourth-order valence-electron chi connectivity index (χ4n) is 4.56. The monoisotopic (exact) mass is 326 g/mol. The summed E-state index contributed by atoms with van der Waals surface area (Å²) in [6, 6.07) is 2.52. The van der Waals surface area contributed by atoms with Crippen LogP contribution in [-0.2, 0) is 9.47 Å². The molecule has 4 nitrogen and oxygen atoms in total. The average molecular weight is 327 g/mol. The Hall–Kier alpha value is -0.160. The van der Waals surface area contributed by atoms with Crippen molar-refractivity contribution in [3.8, 4) is 0 Å². The molecule has 2 unspecified atom stereocenters. The summed E-state index contributed by atoms with van der Waals surface area (Å²) in [5, 5.41) is 0. The maximum absolute atomic E-state index is 5.45. The van der Waals surface area contributed by atoms with Crippen molar-refractivity contribution in [1.29, 1.82) is 0 Å². The summed E-state index contributed by atoms with van der Waals surface area (Å²) < 4.78 is 10.9. The molecule has 23 heavy (non-hydrogen) atoms. The van der Waals surface area contributed by atoms with Crippen molar-refractivity contribution >= 4 is 0 Å². The van der Waals surface area contributed by atoms with E-state index in [1.54, 1.807) is 0 Å². The zero-order chi connectivity index (χ0) is 17.4. The lowest BCUT2D eigenvalue weighted by atomic mass is 9.83. The summed E-state index contributed by atoms with van der Waals surface area (Å²) in [5.74, 6) is 0. The van der Waals surface area contributed by atoms with Crippen molar-refractivity contribution in [1.82, 2.24) is 9.80 Å². The molecule has 2 saturated heterocycles. The van der Waals surface area contributed by atoms with Gasteiger partial charge in [-0.2, -0.15) is 0 Å². The Bertz CT molecular complexity index is 361. The van der Waals surface area contributed by atoms with E-state index in [4.69, 9.17) is 9.47 Å². The van der Waals surface area contributed by atoms with E-state index in [2.05, 4.69) is 51.3 Å². The standard InChI is InChI=1S/C19H38N2O2/c1-14(18(3,4)12-22-7)20-10-17-9-16(20)11-21(17)15(2)19(5,6)13-23-8/h14-17H,9-13H2,1-8H3/t14?,15?,16-,17-/m0/s1. The fourth-order valence-corrected chi connectivity index (χ4v) is 4.56. The second-order valence-corrected chi connectivity index (χ2v) is 9.13. The average Bonchev–Trinajstić information content (AvgIpc) is 3.05. The number of fused-ring (bicyclic) bond motifs is 2. The van der Waals surface area contributed by atoms with E-state index >= 15 is 0 Å². The summed E-state index contributed by atoms with van der Waals surface area (Å²) in [5.41, 5.74) is 0.399. The molecular weight excluding hydrogens is 288 g/mol. The number of nitrogens with zero attached hydrogens (tertiary/aromatic N) is 2. The Labute approximate surface area is 143 Å². The van der Waals surface area contributed by atoms with Crippen LogP contribution >= 0.6 is 0 Å². The maximum atomic E-state index is 5.45. The van der Waals surface area contributed by atoms with Crippen LogP contribution in [0.2, 0.25) is 0 Å². The number of rotatable bonds is 8. The first-order valence-corrected chi connectivity index (χ1v) is 9.13. The van der Waals surface area contributed by atoms with E-state index in [1.165, 1.54) is 19.5 Å². The van der Waals surface area contributed by atoms with Gasteiger partial charge in [0, 0.05) is 62.3 Å². The van der Waals surface area contributed by atoms with E-state index in [9.17, 15) is 0 Å². The molecule has 0 N–H and O–H groups in total. The molecule has 2 aliphatic heterocycles. The van der Waals surface area contributed by atoms with Gasteiger partial charge in [0.2, 0.25) is 0 Å². The highest BCUT2D eigenvalue weighted by Gasteiger charge is 2.50. The molecule has 0 amide bonds. The van der Waals surface area contributed by atoms with Gasteiger partial charge >= 0.3 is 0 Å². The van der Waals surface area contributed by atoms with Gasteiger partial charge in [-0.05, 0) is 20.3 Å². The second-order valence-electron chi connectivity index (χ2n) is 9.13. The smallest absolute Gasteiger partial charge is 0.0528 e. The third-order valence-corrected chi connectivity index (χ3v) is 6.61. The second kappa shape index (κ2) is 6.99. The van der Waals surface area contributed by atoms with E-state index in [0.29, 0.717) is 24.2 Å². The molecule has 2 heterocycles. The Kier molecular flexibility index (Phi) is 5.82. The lowest BCUT2D eigenvalue weighted by molar-refractivity contribution is -0.0282. The molecule has 4 heteroatoms. The minimum Gasteiger partial charge on any atom is -0.384 e. The highest BCUT2D eigenvalue weighted by Crippen LogP contribution is 2.40. The first kappa shape index (κ1) is 19.2. The number of methoxy groups -OCH3 is 2. The van der Waals surface area contributed by atoms with Gasteiger partial charge in [-0.25, -0.2) is 0 Å². The molecule has 0 aromatic heterocycles. The number of ether oxygens (including phenoxy) is 2. The van der Waals surface area contributed by atoms with Gasteiger partial charge in [0.05, 0.1) is 13.2 Å². The van der Waals surface area contributed by atoms with Crippen LogP contribution in [0.3, 0.4) is 0 Å². The number of piperazine rings is 1. The van der Waals surface area contributed by atoms with Crippen molar-refractivity contribution < 1.29 is 9.47 Å². The minimum absolute atomic E-state index is 0.199. The van der Waals surface area contributed by atoms with Gasteiger partial charge in [-0.15, -0.1) is 0 Å². The van der Waals surface area contributed by atoms with Crippen molar-refractivity contribution in [2.45, 2.75) is 72.1 Å². The molecule has 136 valence electrons. The molecule has 2 aliphatic rings. The van der Waals surface area contributed by atoms with Crippen LogP contribution in [0.4, 0.5) is 0 Å². The summed E-state index contributed by atoms with van der Waals surface area (Å²) in [4.78, 5) is 5.46. The highest BCUT2D eigenvalue weighted by molar-refractivity contribution is 5.05. The minimum atomic E-state index is 0.199. The van der Waals surface area contributed by atoms with Gasteiger partial charge in [0.25, 0.3) is 0 Å². The lowest BCUT2D eigenvalue weighted by Gasteiger charge is -2.47. The van der Waals surface area contributed by atoms with Gasteiger partial charge in [0.1, 0.15) is 0 Å². The number of hydrogen-bond acceptors (Lipinski definition) is 4. The van der Waals surface area contributed by atoms with Crippen molar-refractivity contribution in [2.24, 2.45) is 10.8 Å². The predicted octanol–water partition coefficient (Wildman–Crippen LogP) is 2.87. The molecule has 2 fully saturated rings. The topological polar surface area (TPSA) is 24.9 Å². The van der Waals surface area contributed by atoms with Crippen LogP contribution in [0.25, 0.3) is 0 Å². The largest absolute Gasteiger partial charge is 0.384 e. The molecule has 0 saturated carbocycles. The number of likely N-dealkylation sites (tertiary alicyclic amines) is 2. The fraction of sp³-hybridized carbons (Fsp3) is 1.00. The Morgan fingerprint density at radius 3 is 1.43 bits per heavy atom. The molecule has 0 aromatic rings. The quantitative estimate of drug-likeness (QED) is 0.685. The molecule has 2 bridgehead atoms. The van der Waals surface area contributed by atoms with Gasteiger partial charge in [-0.3, -0.25) is 9.80 Å². The van der Waals surface area contributed by atoms with Gasteiger partial charge in [-0.1, -0.05) is 27.7 Å². The van der Waals surface area contributed by atoms with Crippen LogP contribution in [-0.4, -0.2) is 74.5 Å². The Morgan fingerprint density at radius 2 is 1.17 bits per heavy atom. The molecule has 2 rings (SSSR count). The Balaban J connectivity index is 1.99. The molecule has 0 aliphatic carbocycles. The zero-order valence-electron chi connectivity index (χ0n) is 16.6. The van der Waals surface area contributed by atoms with Crippen LogP contribution in [0, 0.1) is 10.8 Å². The summed E-state index contributed by atoms with van der Waals surface area (Å²) in [6.07, 6.45) is 1.32. The van der Waals surface area contributed by atoms with Crippen molar-refractivity contribution in [3.63, 3.8) is 0 Å². The van der Waals surface area contributed by atoms with Gasteiger partial charge < -0.3 is 9.47 Å². The normalized spacial score (nSPS) is 29.2. The zero-order valence-corrected chi connectivity index (χ0v) is 16.6. The van der Waals surface area contributed by atoms with E-state index < -0.39 is 0 Å². The van der Waals surface area contributed by atoms with E-state index in [1.807, 2.05) is 14.2 Å². The van der Waals surface area contributed by atoms with Crippen LogP contribution in [0.5, 0.6) is 0 Å². The maximum Gasteiger partial charge on any atom is 0.0528 e. The van der Waals surface area contributed by atoms with Crippen LogP contribution in [0.1, 0.15) is 48.0 Å². The van der Waals surface area contributed by atoms with Gasteiger partial charge in [0.15, 0.2) is 0 Å². The summed E-state index contributed by atoms with van der Waals surface area (Å²) >= 11 is 0. The van der Waals surface area contributed by atoms with Crippen molar-refractivity contribution in [3.05, 3.63) is 0 Å². The third-order valence-electron chi connectivity index (χ3n) is 6.61. The summed E-state index contributed by atoms with van der Waals surface area (Å²) in [6.45, 7) is 18.1. The highest BCUT2D eigenvalue weighted by atomic mass is 16.5. The lowest BCUT2D eigenvalue weighted by Crippen LogP contribution is -2.58. The van der Waals surface area contributed by atoms with Crippen LogP contribution < -0.4 is 0 Å². The predicted molar refractivity (Wildman–Crippen MR) is 95.8 cm³/mol. The first-order valence-electron chi connectivity index (χ1n) is 9.13.